The zero-order valence-corrected chi connectivity index (χ0v) is 12.0. The Morgan fingerprint density at radius 1 is 1.35 bits per heavy atom. The number of alkyl halides is 3. The molecule has 0 aliphatic carbocycles. The van der Waals surface area contributed by atoms with Crippen molar-refractivity contribution >= 4 is 11.8 Å². The lowest BCUT2D eigenvalue weighted by molar-refractivity contribution is -0.163. The van der Waals surface area contributed by atoms with Gasteiger partial charge in [-0.25, -0.2) is 0 Å². The fraction of sp³-hybridized carbons (Fsp3) is 0.846. The van der Waals surface area contributed by atoms with Gasteiger partial charge in [0.15, 0.2) is 0 Å². The first-order valence-corrected chi connectivity index (χ1v) is 6.73. The van der Waals surface area contributed by atoms with E-state index >= 15 is 0 Å². The van der Waals surface area contributed by atoms with E-state index in [1.54, 1.807) is 11.9 Å². The van der Waals surface area contributed by atoms with Crippen molar-refractivity contribution < 1.29 is 22.8 Å². The quantitative estimate of drug-likeness (QED) is 0.799. The molecule has 1 heterocycles. The fourth-order valence-corrected chi connectivity index (χ4v) is 2.23. The highest BCUT2D eigenvalue weighted by Crippen LogP contribution is 2.24. The molecule has 0 aromatic carbocycles. The second-order valence-electron chi connectivity index (χ2n) is 5.51. The number of piperidine rings is 1. The van der Waals surface area contributed by atoms with Crippen LogP contribution >= 0.6 is 0 Å². The third kappa shape index (κ3) is 4.68. The SMILES string of the molecule is CC(C)N(C)C(=O)C1CCCN(C(=O)CC(F)(F)F)C1. The van der Waals surface area contributed by atoms with Crippen molar-refractivity contribution in [2.45, 2.75) is 45.3 Å². The molecule has 2 amide bonds. The molecule has 0 saturated carbocycles. The zero-order chi connectivity index (χ0) is 15.5. The molecule has 0 aromatic heterocycles. The summed E-state index contributed by atoms with van der Waals surface area (Å²) < 4.78 is 36.7. The van der Waals surface area contributed by atoms with E-state index in [1.807, 2.05) is 13.8 Å². The van der Waals surface area contributed by atoms with Gasteiger partial charge in [0.05, 0.1) is 5.92 Å². The molecule has 0 N–H and O–H groups in total. The van der Waals surface area contributed by atoms with Crippen molar-refractivity contribution in [3.05, 3.63) is 0 Å². The number of hydrogen-bond donors (Lipinski definition) is 0. The van der Waals surface area contributed by atoms with Crippen LogP contribution in [0.25, 0.3) is 0 Å². The minimum absolute atomic E-state index is 0.0313. The molecule has 20 heavy (non-hydrogen) atoms. The fourth-order valence-electron chi connectivity index (χ4n) is 2.23. The van der Waals surface area contributed by atoms with E-state index in [1.165, 1.54) is 0 Å². The van der Waals surface area contributed by atoms with Crippen LogP contribution in [0.5, 0.6) is 0 Å². The molecule has 0 aromatic rings. The molecule has 1 saturated heterocycles. The predicted octanol–water partition coefficient (Wildman–Crippen LogP) is 2.04. The van der Waals surface area contributed by atoms with Gasteiger partial charge in [0.1, 0.15) is 6.42 Å². The Hall–Kier alpha value is -1.27. The summed E-state index contributed by atoms with van der Waals surface area (Å²) in [7, 11) is 1.67. The minimum Gasteiger partial charge on any atom is -0.343 e. The summed E-state index contributed by atoms with van der Waals surface area (Å²) in [6.07, 6.45) is -4.77. The molecule has 0 radical (unpaired) electrons. The van der Waals surface area contributed by atoms with E-state index < -0.39 is 24.4 Å². The van der Waals surface area contributed by atoms with Crippen LogP contribution < -0.4 is 0 Å². The highest BCUT2D eigenvalue weighted by molar-refractivity contribution is 5.81. The summed E-state index contributed by atoms with van der Waals surface area (Å²) in [5.41, 5.74) is 0. The number of nitrogens with zero attached hydrogens (tertiary/aromatic N) is 2. The van der Waals surface area contributed by atoms with Gasteiger partial charge in [-0.15, -0.1) is 0 Å². The number of carbonyl (C=O) groups excluding carboxylic acids is 2. The number of likely N-dealkylation sites (tertiary alicyclic amines) is 1. The van der Waals surface area contributed by atoms with Crippen LogP contribution in [-0.2, 0) is 9.59 Å². The minimum atomic E-state index is -4.50. The van der Waals surface area contributed by atoms with Crippen LogP contribution in [0.2, 0.25) is 0 Å². The van der Waals surface area contributed by atoms with Crippen LogP contribution in [0.15, 0.2) is 0 Å². The van der Waals surface area contributed by atoms with Crippen LogP contribution in [-0.4, -0.2) is 54.0 Å². The number of carbonyl (C=O) groups is 2. The molecular formula is C13H21F3N2O2. The maximum absolute atomic E-state index is 12.2. The summed E-state index contributed by atoms with van der Waals surface area (Å²) >= 11 is 0. The van der Waals surface area contributed by atoms with Gasteiger partial charge in [-0.05, 0) is 26.7 Å². The molecule has 1 rings (SSSR count). The van der Waals surface area contributed by atoms with Crippen molar-refractivity contribution in [2.24, 2.45) is 5.92 Å². The largest absolute Gasteiger partial charge is 0.397 e. The van der Waals surface area contributed by atoms with E-state index in [0.29, 0.717) is 19.4 Å². The van der Waals surface area contributed by atoms with Gasteiger partial charge < -0.3 is 9.80 Å². The van der Waals surface area contributed by atoms with Crippen molar-refractivity contribution in [3.8, 4) is 0 Å². The maximum atomic E-state index is 12.2. The first kappa shape index (κ1) is 16.8. The molecule has 116 valence electrons. The highest BCUT2D eigenvalue weighted by Gasteiger charge is 2.36. The Bertz CT molecular complexity index is 369. The van der Waals surface area contributed by atoms with Crippen LogP contribution in [0.1, 0.15) is 33.1 Å². The Morgan fingerprint density at radius 2 is 1.95 bits per heavy atom. The normalized spacial score (nSPS) is 20.1. The lowest BCUT2D eigenvalue weighted by atomic mass is 9.96. The van der Waals surface area contributed by atoms with E-state index in [9.17, 15) is 22.8 Å². The van der Waals surface area contributed by atoms with Gasteiger partial charge >= 0.3 is 6.18 Å². The lowest BCUT2D eigenvalue weighted by Gasteiger charge is -2.35. The Kier molecular flexibility index (Phi) is 5.42. The van der Waals surface area contributed by atoms with Gasteiger partial charge in [0.25, 0.3) is 0 Å². The maximum Gasteiger partial charge on any atom is 0.397 e. The standard InChI is InChI=1S/C13H21F3N2O2/c1-9(2)17(3)12(20)10-5-4-6-18(8-10)11(19)7-13(14,15)16/h9-10H,4-8H2,1-3H3. The number of rotatable bonds is 3. The molecule has 1 fully saturated rings. The lowest BCUT2D eigenvalue weighted by Crippen LogP contribution is -2.47. The van der Waals surface area contributed by atoms with Crippen LogP contribution in [0, 0.1) is 5.92 Å². The topological polar surface area (TPSA) is 40.6 Å². The third-order valence-electron chi connectivity index (χ3n) is 3.60. The van der Waals surface area contributed by atoms with Crippen LogP contribution in [0.3, 0.4) is 0 Å². The average Bonchev–Trinajstić information content (AvgIpc) is 2.35. The predicted molar refractivity (Wildman–Crippen MR) is 67.9 cm³/mol. The number of halogens is 3. The molecule has 1 atom stereocenters. The monoisotopic (exact) mass is 294 g/mol. The Morgan fingerprint density at radius 3 is 2.45 bits per heavy atom. The van der Waals surface area contributed by atoms with E-state index in [-0.39, 0.29) is 18.5 Å². The van der Waals surface area contributed by atoms with Crippen molar-refractivity contribution in [1.82, 2.24) is 9.80 Å². The summed E-state index contributed by atoms with van der Waals surface area (Å²) in [6, 6.07) is 0.0313. The second kappa shape index (κ2) is 6.45. The molecular weight excluding hydrogens is 273 g/mol. The molecule has 1 unspecified atom stereocenters. The van der Waals surface area contributed by atoms with E-state index in [2.05, 4.69) is 0 Å². The highest BCUT2D eigenvalue weighted by atomic mass is 19.4. The molecule has 7 heteroatoms. The van der Waals surface area contributed by atoms with Gasteiger partial charge in [-0.3, -0.25) is 9.59 Å². The Balaban J connectivity index is 2.63. The smallest absolute Gasteiger partial charge is 0.343 e. The second-order valence-corrected chi connectivity index (χ2v) is 5.51. The number of hydrogen-bond acceptors (Lipinski definition) is 2. The van der Waals surface area contributed by atoms with Crippen molar-refractivity contribution in [2.75, 3.05) is 20.1 Å². The summed E-state index contributed by atoms with van der Waals surface area (Å²) in [5.74, 6) is -1.44. The molecule has 1 aliphatic rings. The average molecular weight is 294 g/mol. The van der Waals surface area contributed by atoms with Crippen molar-refractivity contribution in [1.29, 1.82) is 0 Å². The summed E-state index contributed by atoms with van der Waals surface area (Å²) in [6.45, 7) is 4.12. The van der Waals surface area contributed by atoms with Gasteiger partial charge in [-0.2, -0.15) is 13.2 Å². The van der Waals surface area contributed by atoms with Gasteiger partial charge in [0.2, 0.25) is 11.8 Å². The van der Waals surface area contributed by atoms with E-state index in [4.69, 9.17) is 0 Å². The molecule has 4 nitrogen and oxygen atoms in total. The number of amides is 2. The molecule has 0 bridgehead atoms. The summed E-state index contributed by atoms with van der Waals surface area (Å²) in [5, 5.41) is 0. The van der Waals surface area contributed by atoms with Crippen molar-refractivity contribution in [3.63, 3.8) is 0 Å². The van der Waals surface area contributed by atoms with E-state index in [0.717, 1.165) is 4.90 Å². The summed E-state index contributed by atoms with van der Waals surface area (Å²) in [4.78, 5) is 26.5. The first-order chi connectivity index (χ1) is 9.11. The molecule has 0 spiro atoms. The van der Waals surface area contributed by atoms with Gasteiger partial charge in [0, 0.05) is 26.2 Å². The Labute approximate surface area is 116 Å². The van der Waals surface area contributed by atoms with Gasteiger partial charge in [-0.1, -0.05) is 0 Å². The first-order valence-electron chi connectivity index (χ1n) is 6.73. The van der Waals surface area contributed by atoms with Crippen LogP contribution in [0.4, 0.5) is 13.2 Å². The molecule has 1 aliphatic heterocycles. The zero-order valence-electron chi connectivity index (χ0n) is 12.0. The third-order valence-corrected chi connectivity index (χ3v) is 3.60.